The summed E-state index contributed by atoms with van der Waals surface area (Å²) in [6.07, 6.45) is 41.2. The van der Waals surface area contributed by atoms with Gasteiger partial charge < -0.3 is 40.3 Å². The number of amides is 1. The Kier molecular flexibility index (Phi) is 40.2. The fraction of sp³-hybridized carbons (Fsp3) is 0.980. The van der Waals surface area contributed by atoms with Crippen LogP contribution in [-0.2, 0) is 14.3 Å². The monoisotopic (exact) mass is 856 g/mol. The van der Waals surface area contributed by atoms with Gasteiger partial charge in [0.05, 0.1) is 25.4 Å². The molecule has 0 saturated carbocycles. The molecule has 60 heavy (non-hydrogen) atoms. The molecule has 1 heterocycles. The SMILES string of the molecule is CCCCCCCCCCCCCCCCCCCCCCCCCC(=O)N[C@@H](CO[C@H]1O[C@@H](CO)[C@H](O)C(O)C1O)[C@H](O)CCCCCCCCCCCCCCCC. The van der Waals surface area contributed by atoms with Crippen LogP contribution in [0.2, 0.25) is 0 Å². The van der Waals surface area contributed by atoms with Gasteiger partial charge in [0.1, 0.15) is 24.4 Å². The first-order valence-electron chi connectivity index (χ1n) is 26.2. The van der Waals surface area contributed by atoms with Gasteiger partial charge in [-0.25, -0.2) is 0 Å². The lowest BCUT2D eigenvalue weighted by Crippen LogP contribution is -2.60. The molecule has 7 atom stereocenters. The Bertz CT molecular complexity index is 908. The van der Waals surface area contributed by atoms with Crippen molar-refractivity contribution in [3.8, 4) is 0 Å². The van der Waals surface area contributed by atoms with E-state index in [2.05, 4.69) is 19.2 Å². The second-order valence-electron chi connectivity index (χ2n) is 18.7. The molecule has 0 radical (unpaired) electrons. The molecule has 0 aromatic heterocycles. The van der Waals surface area contributed by atoms with E-state index < -0.39 is 49.5 Å². The Hall–Kier alpha value is -0.810. The van der Waals surface area contributed by atoms with Crippen molar-refractivity contribution >= 4 is 5.91 Å². The lowest BCUT2D eigenvalue weighted by molar-refractivity contribution is -0.302. The van der Waals surface area contributed by atoms with Crippen LogP contribution in [0.1, 0.15) is 264 Å². The summed E-state index contributed by atoms with van der Waals surface area (Å²) in [6.45, 7) is 3.87. The summed E-state index contributed by atoms with van der Waals surface area (Å²) in [4.78, 5) is 13.0. The van der Waals surface area contributed by atoms with Gasteiger partial charge in [-0.15, -0.1) is 0 Å². The van der Waals surface area contributed by atoms with Gasteiger partial charge in [-0.3, -0.25) is 4.79 Å². The number of hydrogen-bond acceptors (Lipinski definition) is 8. The van der Waals surface area contributed by atoms with Crippen LogP contribution >= 0.6 is 0 Å². The van der Waals surface area contributed by atoms with Crippen LogP contribution in [0, 0.1) is 0 Å². The number of unbranched alkanes of at least 4 members (excludes halogenated alkanes) is 35. The van der Waals surface area contributed by atoms with Gasteiger partial charge in [0.2, 0.25) is 5.91 Å². The minimum absolute atomic E-state index is 0.131. The van der Waals surface area contributed by atoms with Gasteiger partial charge in [0.15, 0.2) is 6.29 Å². The average molecular weight is 856 g/mol. The molecule has 9 heteroatoms. The lowest BCUT2D eigenvalue weighted by Gasteiger charge is -2.40. The van der Waals surface area contributed by atoms with Crippen molar-refractivity contribution in [1.82, 2.24) is 5.32 Å². The predicted molar refractivity (Wildman–Crippen MR) is 249 cm³/mol. The highest BCUT2D eigenvalue weighted by Crippen LogP contribution is 2.23. The van der Waals surface area contributed by atoms with Gasteiger partial charge in [-0.05, 0) is 12.8 Å². The van der Waals surface area contributed by atoms with E-state index in [1.807, 2.05) is 0 Å². The molecule has 1 amide bonds. The third-order valence-electron chi connectivity index (χ3n) is 13.0. The molecule has 0 aliphatic carbocycles. The van der Waals surface area contributed by atoms with E-state index in [1.54, 1.807) is 0 Å². The summed E-state index contributed by atoms with van der Waals surface area (Å²) >= 11 is 0. The highest BCUT2D eigenvalue weighted by atomic mass is 16.7. The minimum Gasteiger partial charge on any atom is -0.394 e. The third-order valence-corrected chi connectivity index (χ3v) is 13.0. The first-order valence-corrected chi connectivity index (χ1v) is 26.2. The smallest absolute Gasteiger partial charge is 0.220 e. The molecule has 2 unspecified atom stereocenters. The summed E-state index contributed by atoms with van der Waals surface area (Å²) in [5.74, 6) is -0.138. The zero-order chi connectivity index (χ0) is 43.7. The number of carbonyl (C=O) groups excluding carboxylic acids is 1. The summed E-state index contributed by atoms with van der Waals surface area (Å²) in [5.41, 5.74) is 0. The van der Waals surface area contributed by atoms with E-state index in [4.69, 9.17) is 9.47 Å². The van der Waals surface area contributed by atoms with Crippen LogP contribution in [0.15, 0.2) is 0 Å². The Balaban J connectivity index is 2.21. The second kappa shape index (κ2) is 42.2. The molecule has 0 bridgehead atoms. The van der Waals surface area contributed by atoms with E-state index in [-0.39, 0.29) is 12.5 Å². The van der Waals surface area contributed by atoms with E-state index in [1.165, 1.54) is 199 Å². The van der Waals surface area contributed by atoms with Gasteiger partial charge in [0, 0.05) is 6.42 Å². The molecule has 1 saturated heterocycles. The standard InChI is InChI=1S/C51H101NO8/c1-3-5-7-9-11-13-15-17-19-20-21-22-23-24-25-26-27-29-31-33-35-37-39-41-47(55)52-44(43-59-51-50(58)49(57)48(56)46(42-53)60-51)45(54)40-38-36-34-32-30-28-18-16-14-12-10-8-6-4-2/h44-46,48-51,53-54,56-58H,3-43H2,1-2H3,(H,52,55)/t44-,45+,46-,48-,49?,50?,51-/m0/s1. The fourth-order valence-corrected chi connectivity index (χ4v) is 8.75. The summed E-state index contributed by atoms with van der Waals surface area (Å²) in [6, 6.07) is -0.712. The maximum atomic E-state index is 13.0. The van der Waals surface area contributed by atoms with E-state index >= 15 is 0 Å². The number of nitrogens with one attached hydrogen (secondary N) is 1. The van der Waals surface area contributed by atoms with Crippen molar-refractivity contribution in [2.24, 2.45) is 0 Å². The third kappa shape index (κ3) is 31.9. The number of aliphatic hydroxyl groups is 5. The van der Waals surface area contributed by atoms with Crippen LogP contribution in [0.4, 0.5) is 0 Å². The number of carbonyl (C=O) groups is 1. The van der Waals surface area contributed by atoms with Gasteiger partial charge in [-0.2, -0.15) is 0 Å². The maximum absolute atomic E-state index is 13.0. The largest absolute Gasteiger partial charge is 0.394 e. The molecule has 0 spiro atoms. The second-order valence-corrected chi connectivity index (χ2v) is 18.7. The molecule has 6 N–H and O–H groups in total. The van der Waals surface area contributed by atoms with E-state index in [0.717, 1.165) is 38.5 Å². The Morgan fingerprint density at radius 2 is 0.833 bits per heavy atom. The van der Waals surface area contributed by atoms with Crippen molar-refractivity contribution in [2.75, 3.05) is 13.2 Å². The van der Waals surface area contributed by atoms with Crippen LogP contribution in [0.3, 0.4) is 0 Å². The molecule has 0 aromatic rings. The van der Waals surface area contributed by atoms with E-state index in [9.17, 15) is 30.3 Å². The average Bonchev–Trinajstić information content (AvgIpc) is 3.25. The number of hydrogen-bond donors (Lipinski definition) is 6. The highest BCUT2D eigenvalue weighted by molar-refractivity contribution is 5.76. The van der Waals surface area contributed by atoms with Crippen LogP contribution < -0.4 is 5.32 Å². The summed E-state index contributed by atoms with van der Waals surface area (Å²) in [5, 5.41) is 54.5. The van der Waals surface area contributed by atoms with Crippen molar-refractivity contribution in [3.05, 3.63) is 0 Å². The van der Waals surface area contributed by atoms with Crippen molar-refractivity contribution in [2.45, 2.75) is 307 Å². The maximum Gasteiger partial charge on any atom is 0.220 e. The van der Waals surface area contributed by atoms with Gasteiger partial charge in [-0.1, -0.05) is 245 Å². The molecule has 0 aromatic carbocycles. The van der Waals surface area contributed by atoms with Crippen molar-refractivity contribution in [1.29, 1.82) is 0 Å². The Labute approximate surface area is 370 Å². The first kappa shape index (κ1) is 57.2. The van der Waals surface area contributed by atoms with Crippen LogP contribution in [0.5, 0.6) is 0 Å². The summed E-state index contributed by atoms with van der Waals surface area (Å²) in [7, 11) is 0. The Morgan fingerprint density at radius 3 is 1.18 bits per heavy atom. The Morgan fingerprint density at radius 1 is 0.500 bits per heavy atom. The lowest BCUT2D eigenvalue weighted by atomic mass is 9.99. The van der Waals surface area contributed by atoms with Gasteiger partial charge >= 0.3 is 0 Å². The molecule has 1 fully saturated rings. The molecule has 1 aliphatic rings. The quantitative estimate of drug-likeness (QED) is 0.0332. The molecule has 9 nitrogen and oxygen atoms in total. The number of ether oxygens (including phenoxy) is 2. The van der Waals surface area contributed by atoms with E-state index in [0.29, 0.717) is 12.8 Å². The minimum atomic E-state index is -1.55. The molecular weight excluding hydrogens is 755 g/mol. The summed E-state index contributed by atoms with van der Waals surface area (Å²) < 4.78 is 11.3. The molecule has 1 aliphatic heterocycles. The fourth-order valence-electron chi connectivity index (χ4n) is 8.75. The molecule has 358 valence electrons. The molecular formula is C51H101NO8. The van der Waals surface area contributed by atoms with Gasteiger partial charge in [0.25, 0.3) is 0 Å². The van der Waals surface area contributed by atoms with Crippen LogP contribution in [-0.4, -0.2) is 87.5 Å². The highest BCUT2D eigenvalue weighted by Gasteiger charge is 2.44. The van der Waals surface area contributed by atoms with Crippen molar-refractivity contribution < 1.29 is 39.8 Å². The zero-order valence-corrected chi connectivity index (χ0v) is 39.5. The number of aliphatic hydroxyl groups excluding tert-OH is 5. The van der Waals surface area contributed by atoms with Crippen molar-refractivity contribution in [3.63, 3.8) is 0 Å². The van der Waals surface area contributed by atoms with Crippen LogP contribution in [0.25, 0.3) is 0 Å². The zero-order valence-electron chi connectivity index (χ0n) is 39.5. The topological polar surface area (TPSA) is 149 Å². The number of rotatable bonds is 45. The first-order chi connectivity index (χ1) is 29.3. The predicted octanol–water partition coefficient (Wildman–Crippen LogP) is 11.9. The molecule has 1 rings (SSSR count). The normalized spacial score (nSPS) is 20.4.